The minimum absolute atomic E-state index is 0.107. The number of hydrogen-bond donors (Lipinski definition) is 3. The highest BCUT2D eigenvalue weighted by Gasteiger charge is 2.30. The van der Waals surface area contributed by atoms with Crippen molar-refractivity contribution in [3.05, 3.63) is 0 Å². The van der Waals surface area contributed by atoms with Crippen molar-refractivity contribution in [2.45, 2.75) is 394 Å². The van der Waals surface area contributed by atoms with Gasteiger partial charge in [0.25, 0.3) is 0 Å². The van der Waals surface area contributed by atoms with Crippen molar-refractivity contribution in [2.24, 2.45) is 11.8 Å². The predicted molar refractivity (Wildman–Crippen MR) is 372 cm³/mol. The van der Waals surface area contributed by atoms with Gasteiger partial charge < -0.3 is 33.8 Å². The molecule has 0 radical (unpaired) electrons. The molecule has 0 heterocycles. The second-order valence-corrected chi connectivity index (χ2v) is 30.2. The Bertz CT molecular complexity index is 1790. The van der Waals surface area contributed by atoms with Crippen LogP contribution in [0.25, 0.3) is 0 Å². The monoisotopic (exact) mass is 1350 g/mol. The Hall–Kier alpha value is -1.94. The van der Waals surface area contributed by atoms with Crippen LogP contribution in [0.2, 0.25) is 0 Å². The van der Waals surface area contributed by atoms with Gasteiger partial charge in [-0.2, -0.15) is 0 Å². The van der Waals surface area contributed by atoms with Crippen LogP contribution >= 0.6 is 15.6 Å². The zero-order valence-corrected chi connectivity index (χ0v) is 61.6. The molecule has 0 amide bonds. The van der Waals surface area contributed by atoms with Crippen LogP contribution < -0.4 is 0 Å². The quantitative estimate of drug-likeness (QED) is 0.0222. The SMILES string of the molecule is CCCCCCCCCCCCCCCC(=O)O[C@H](COC(=O)CCCCCCC)COP(=O)(O)OC[C@H](O)COP(=O)(O)OC[C@@H](COC(=O)CCCCCCCCCCCCCCC(C)C)OC(=O)CCCCCCCCCCCCCCCCCCC(C)C. The molecule has 17 nitrogen and oxygen atoms in total. The summed E-state index contributed by atoms with van der Waals surface area (Å²) in [6.45, 7) is 9.53. The Morgan fingerprint density at radius 2 is 0.500 bits per heavy atom. The van der Waals surface area contributed by atoms with Crippen LogP contribution in [0.1, 0.15) is 375 Å². The molecule has 0 aliphatic heterocycles. The number of hydrogen-bond acceptors (Lipinski definition) is 15. The molecule has 19 heteroatoms. The van der Waals surface area contributed by atoms with Gasteiger partial charge in [0, 0.05) is 25.7 Å². The first-order valence-electron chi connectivity index (χ1n) is 38.0. The number of aliphatic hydroxyl groups excluding tert-OH is 1. The van der Waals surface area contributed by atoms with Crippen LogP contribution in [0.5, 0.6) is 0 Å². The Labute approximate surface area is 562 Å². The smallest absolute Gasteiger partial charge is 0.462 e. The number of aliphatic hydroxyl groups is 1. The molecule has 0 aliphatic rings. The maximum atomic E-state index is 13.0. The third kappa shape index (κ3) is 66.7. The van der Waals surface area contributed by atoms with Crippen LogP contribution in [0.4, 0.5) is 0 Å². The number of esters is 4. The summed E-state index contributed by atoms with van der Waals surface area (Å²) in [6.07, 6.45) is 51.7. The first-order valence-corrected chi connectivity index (χ1v) is 41.0. The lowest BCUT2D eigenvalue weighted by Crippen LogP contribution is -2.30. The van der Waals surface area contributed by atoms with Gasteiger partial charge in [-0.25, -0.2) is 9.13 Å². The third-order valence-corrected chi connectivity index (χ3v) is 18.9. The third-order valence-electron chi connectivity index (χ3n) is 17.0. The molecule has 0 bridgehead atoms. The van der Waals surface area contributed by atoms with Crippen molar-refractivity contribution in [1.29, 1.82) is 0 Å². The van der Waals surface area contributed by atoms with E-state index in [1.807, 2.05) is 0 Å². The van der Waals surface area contributed by atoms with E-state index in [4.69, 9.17) is 37.0 Å². The lowest BCUT2D eigenvalue weighted by Gasteiger charge is -2.21. The zero-order valence-electron chi connectivity index (χ0n) is 59.9. The Balaban J connectivity index is 5.14. The largest absolute Gasteiger partial charge is 0.472 e. The summed E-state index contributed by atoms with van der Waals surface area (Å²) in [4.78, 5) is 72.4. The van der Waals surface area contributed by atoms with Crippen molar-refractivity contribution >= 4 is 39.5 Å². The topological polar surface area (TPSA) is 237 Å². The second kappa shape index (κ2) is 65.0. The van der Waals surface area contributed by atoms with E-state index >= 15 is 0 Å². The highest BCUT2D eigenvalue weighted by Crippen LogP contribution is 2.45. The molecular weight excluding hydrogens is 1210 g/mol. The van der Waals surface area contributed by atoms with Gasteiger partial charge in [-0.05, 0) is 37.5 Å². The molecule has 0 saturated carbocycles. The first-order chi connectivity index (χ1) is 44.4. The molecule has 546 valence electrons. The van der Waals surface area contributed by atoms with E-state index in [1.165, 1.54) is 186 Å². The fourth-order valence-electron chi connectivity index (χ4n) is 11.1. The molecule has 0 aliphatic carbocycles. The Morgan fingerprint density at radius 3 is 0.739 bits per heavy atom. The molecule has 0 rings (SSSR count). The average Bonchev–Trinajstić information content (AvgIpc) is 2.10. The number of unbranched alkanes of at least 4 members (excludes halogenated alkanes) is 42. The van der Waals surface area contributed by atoms with Gasteiger partial charge in [0.2, 0.25) is 0 Å². The maximum Gasteiger partial charge on any atom is 0.472 e. The molecule has 5 atom stereocenters. The van der Waals surface area contributed by atoms with Gasteiger partial charge in [-0.3, -0.25) is 37.3 Å². The van der Waals surface area contributed by atoms with E-state index in [0.717, 1.165) is 108 Å². The normalized spacial score (nSPS) is 14.1. The van der Waals surface area contributed by atoms with Crippen LogP contribution in [0.3, 0.4) is 0 Å². The van der Waals surface area contributed by atoms with Crippen molar-refractivity contribution in [3.8, 4) is 0 Å². The summed E-state index contributed by atoms with van der Waals surface area (Å²) in [5.41, 5.74) is 0. The van der Waals surface area contributed by atoms with Crippen molar-refractivity contribution in [2.75, 3.05) is 39.6 Å². The molecule has 3 N–H and O–H groups in total. The summed E-state index contributed by atoms with van der Waals surface area (Å²) >= 11 is 0. The van der Waals surface area contributed by atoms with Gasteiger partial charge in [0.05, 0.1) is 26.4 Å². The van der Waals surface area contributed by atoms with E-state index in [-0.39, 0.29) is 25.7 Å². The van der Waals surface area contributed by atoms with Crippen molar-refractivity contribution in [3.63, 3.8) is 0 Å². The molecule has 0 aromatic heterocycles. The van der Waals surface area contributed by atoms with E-state index < -0.39 is 97.5 Å². The minimum Gasteiger partial charge on any atom is -0.462 e. The fraction of sp³-hybridized carbons (Fsp3) is 0.945. The summed E-state index contributed by atoms with van der Waals surface area (Å²) in [7, 11) is -9.90. The standard InChI is InChI=1S/C73H142O17P2/c1-7-9-11-13-14-15-16-21-29-34-39-45-51-57-72(77)89-68(61-83-70(75)55-49-41-12-10-8-2)63-87-91(79,80)85-59-67(74)60-86-92(81,82)88-64-69(62-84-71(76)56-50-44-38-33-28-25-24-27-32-37-43-48-54-66(5)6)90-73(78)58-52-46-40-35-30-23-20-18-17-19-22-26-31-36-42-47-53-65(3)4/h65-69,74H,7-64H2,1-6H3,(H,79,80)(H,81,82)/t67-,68+,69+/m0/s1. The van der Waals surface area contributed by atoms with E-state index in [0.29, 0.717) is 25.7 Å². The number of carbonyl (C=O) groups excluding carboxylic acids is 4. The molecule has 0 aromatic carbocycles. The van der Waals surface area contributed by atoms with E-state index in [9.17, 15) is 43.2 Å². The van der Waals surface area contributed by atoms with Crippen LogP contribution in [0.15, 0.2) is 0 Å². The molecule has 0 saturated heterocycles. The Kier molecular flexibility index (Phi) is 63.7. The van der Waals surface area contributed by atoms with E-state index in [2.05, 4.69) is 41.5 Å². The van der Waals surface area contributed by atoms with Crippen LogP contribution in [-0.2, 0) is 65.4 Å². The lowest BCUT2D eigenvalue weighted by molar-refractivity contribution is -0.161. The van der Waals surface area contributed by atoms with Crippen molar-refractivity contribution in [1.82, 2.24) is 0 Å². The lowest BCUT2D eigenvalue weighted by atomic mass is 10.0. The van der Waals surface area contributed by atoms with Gasteiger partial charge in [-0.15, -0.1) is 0 Å². The molecule has 0 aromatic rings. The van der Waals surface area contributed by atoms with Gasteiger partial charge in [0.1, 0.15) is 19.3 Å². The number of carbonyl (C=O) groups is 4. The summed E-state index contributed by atoms with van der Waals surface area (Å²) in [5, 5.41) is 10.6. The Morgan fingerprint density at radius 1 is 0.293 bits per heavy atom. The summed E-state index contributed by atoms with van der Waals surface area (Å²) < 4.78 is 68.2. The number of rotatable bonds is 72. The van der Waals surface area contributed by atoms with Gasteiger partial charge in [-0.1, -0.05) is 324 Å². The summed E-state index contributed by atoms with van der Waals surface area (Å²) in [5.74, 6) is -0.539. The van der Waals surface area contributed by atoms with Gasteiger partial charge >= 0.3 is 39.5 Å². The highest BCUT2D eigenvalue weighted by molar-refractivity contribution is 7.47. The first kappa shape index (κ1) is 90.1. The van der Waals surface area contributed by atoms with Crippen LogP contribution in [-0.4, -0.2) is 96.7 Å². The van der Waals surface area contributed by atoms with Gasteiger partial charge in [0.15, 0.2) is 12.2 Å². The second-order valence-electron chi connectivity index (χ2n) is 27.3. The maximum absolute atomic E-state index is 13.0. The number of phosphoric ester groups is 2. The molecule has 2 unspecified atom stereocenters. The average molecular weight is 1350 g/mol. The predicted octanol–water partition coefficient (Wildman–Crippen LogP) is 21.2. The minimum atomic E-state index is -4.95. The molecule has 0 fully saturated rings. The van der Waals surface area contributed by atoms with E-state index in [1.54, 1.807) is 0 Å². The number of phosphoric acid groups is 2. The molecular formula is C73H142O17P2. The van der Waals surface area contributed by atoms with Crippen LogP contribution in [0, 0.1) is 11.8 Å². The fourth-order valence-corrected chi connectivity index (χ4v) is 12.7. The highest BCUT2D eigenvalue weighted by atomic mass is 31.2. The molecule has 0 spiro atoms. The zero-order chi connectivity index (χ0) is 67.9. The molecule has 92 heavy (non-hydrogen) atoms. The van der Waals surface area contributed by atoms with Crippen molar-refractivity contribution < 1.29 is 80.2 Å². The summed E-state index contributed by atoms with van der Waals surface area (Å²) in [6, 6.07) is 0. The number of ether oxygens (including phenoxy) is 4.